The number of nitrogens with zero attached hydrogens (tertiary/aromatic N) is 2. The number of fused-ring (bicyclic) bond motifs is 1. The minimum atomic E-state index is -0.416. The van der Waals surface area contributed by atoms with Crippen molar-refractivity contribution in [1.29, 1.82) is 0 Å². The van der Waals surface area contributed by atoms with Crippen LogP contribution in [-0.4, -0.2) is 28.0 Å². The summed E-state index contributed by atoms with van der Waals surface area (Å²) in [7, 11) is 2.03. The van der Waals surface area contributed by atoms with E-state index in [0.717, 1.165) is 36.1 Å². The van der Waals surface area contributed by atoms with Gasteiger partial charge in [0.25, 0.3) is 0 Å². The molecule has 0 aliphatic heterocycles. The number of rotatable bonds is 7. The smallest absolute Gasteiger partial charge is 0.237 e. The Morgan fingerprint density at radius 3 is 2.62 bits per heavy atom. The van der Waals surface area contributed by atoms with E-state index < -0.39 is 6.04 Å². The van der Waals surface area contributed by atoms with Crippen LogP contribution in [0, 0.1) is 5.92 Å². The van der Waals surface area contributed by atoms with Crippen molar-refractivity contribution in [2.45, 2.75) is 39.2 Å². The maximum atomic E-state index is 11.9. The highest BCUT2D eigenvalue weighted by Crippen LogP contribution is 2.15. The fraction of sp³-hybridized carbons (Fsp3) is 0.529. The number of para-hydroxylation sites is 2. The quantitative estimate of drug-likeness (QED) is 0.731. The summed E-state index contributed by atoms with van der Waals surface area (Å²) in [6, 6.07) is 7.69. The lowest BCUT2D eigenvalue weighted by molar-refractivity contribution is -0.123. The highest BCUT2D eigenvalue weighted by molar-refractivity contribution is 5.85. The first-order chi connectivity index (χ1) is 10.5. The third-order valence-corrected chi connectivity index (χ3v) is 4.32. The van der Waals surface area contributed by atoms with Crippen LogP contribution in [0.1, 0.15) is 32.5 Å². The van der Waals surface area contributed by atoms with Crippen molar-refractivity contribution in [3.05, 3.63) is 30.1 Å². The molecule has 0 bridgehead atoms. The number of hydrogen-bond acceptors (Lipinski definition) is 3. The van der Waals surface area contributed by atoms with Gasteiger partial charge in [-0.05, 0) is 24.5 Å². The van der Waals surface area contributed by atoms with Crippen LogP contribution in [0.4, 0.5) is 0 Å². The fourth-order valence-corrected chi connectivity index (χ4v) is 2.51. The minimum absolute atomic E-state index is 0. The summed E-state index contributed by atoms with van der Waals surface area (Å²) in [5, 5.41) is 2.92. The molecule has 24 heavy (non-hydrogen) atoms. The van der Waals surface area contributed by atoms with Crippen molar-refractivity contribution >= 4 is 41.8 Å². The summed E-state index contributed by atoms with van der Waals surface area (Å²) in [4.78, 5) is 16.5. The van der Waals surface area contributed by atoms with Crippen LogP contribution in [0.5, 0.6) is 0 Å². The molecule has 1 aromatic heterocycles. The molecule has 136 valence electrons. The van der Waals surface area contributed by atoms with Gasteiger partial charge in [0.1, 0.15) is 5.82 Å². The number of imidazole rings is 1. The molecule has 1 amide bonds. The molecule has 1 aromatic carbocycles. The van der Waals surface area contributed by atoms with Crippen LogP contribution in [-0.2, 0) is 18.3 Å². The van der Waals surface area contributed by atoms with Gasteiger partial charge in [0, 0.05) is 20.0 Å². The fourth-order valence-electron chi connectivity index (χ4n) is 2.51. The standard InChI is InChI=1S/C17H26N4O.2ClH/c1-4-12(2)16(18)17(22)19-11-7-10-15-20-13-8-5-6-9-14(13)21(15)3;;/h5-6,8-9,12,16H,4,7,10-11,18H2,1-3H3,(H,19,22);2*1H. The summed E-state index contributed by atoms with van der Waals surface area (Å²) >= 11 is 0. The molecule has 2 unspecified atom stereocenters. The first kappa shape index (κ1) is 22.7. The Bertz CT molecular complexity index is 645. The average Bonchev–Trinajstić information content (AvgIpc) is 2.86. The number of aromatic nitrogens is 2. The summed E-state index contributed by atoms with van der Waals surface area (Å²) in [5.41, 5.74) is 8.07. The highest BCUT2D eigenvalue weighted by atomic mass is 35.5. The maximum Gasteiger partial charge on any atom is 0.237 e. The third kappa shape index (κ3) is 5.36. The van der Waals surface area contributed by atoms with Crippen LogP contribution in [0.25, 0.3) is 11.0 Å². The van der Waals surface area contributed by atoms with Gasteiger partial charge in [0.2, 0.25) is 5.91 Å². The second-order valence-corrected chi connectivity index (χ2v) is 5.88. The third-order valence-electron chi connectivity index (χ3n) is 4.32. The van der Waals surface area contributed by atoms with E-state index in [1.807, 2.05) is 39.1 Å². The normalized spacial score (nSPS) is 12.8. The summed E-state index contributed by atoms with van der Waals surface area (Å²) in [5.74, 6) is 1.20. The molecule has 2 aromatic rings. The summed E-state index contributed by atoms with van der Waals surface area (Å²) in [6.45, 7) is 4.68. The van der Waals surface area contributed by atoms with Crippen molar-refractivity contribution in [1.82, 2.24) is 14.9 Å². The van der Waals surface area contributed by atoms with E-state index in [-0.39, 0.29) is 36.6 Å². The van der Waals surface area contributed by atoms with Crippen molar-refractivity contribution in [3.8, 4) is 0 Å². The number of hydrogen-bond donors (Lipinski definition) is 2. The van der Waals surface area contributed by atoms with Crippen molar-refractivity contribution < 1.29 is 4.79 Å². The number of halogens is 2. The zero-order valence-electron chi connectivity index (χ0n) is 14.5. The lowest BCUT2D eigenvalue weighted by atomic mass is 9.99. The zero-order chi connectivity index (χ0) is 16.1. The van der Waals surface area contributed by atoms with Gasteiger partial charge in [-0.1, -0.05) is 32.4 Å². The Labute approximate surface area is 156 Å². The molecule has 3 N–H and O–H groups in total. The SMILES string of the molecule is CCC(C)C(N)C(=O)NCCCc1nc2ccccc2n1C.Cl.Cl. The molecule has 0 aliphatic rings. The molecule has 0 fully saturated rings. The molecule has 0 saturated heterocycles. The van der Waals surface area contributed by atoms with Gasteiger partial charge in [-0.25, -0.2) is 4.98 Å². The van der Waals surface area contributed by atoms with E-state index in [0.29, 0.717) is 6.54 Å². The predicted molar refractivity (Wildman–Crippen MR) is 104 cm³/mol. The van der Waals surface area contributed by atoms with E-state index >= 15 is 0 Å². The monoisotopic (exact) mass is 374 g/mol. The maximum absolute atomic E-state index is 11.9. The Balaban J connectivity index is 0.00000264. The number of amides is 1. The highest BCUT2D eigenvalue weighted by Gasteiger charge is 2.18. The van der Waals surface area contributed by atoms with Crippen LogP contribution >= 0.6 is 24.8 Å². The van der Waals surface area contributed by atoms with E-state index in [9.17, 15) is 4.79 Å². The van der Waals surface area contributed by atoms with Gasteiger partial charge in [0.15, 0.2) is 0 Å². The molecule has 7 heteroatoms. The lowest BCUT2D eigenvalue weighted by Gasteiger charge is -2.17. The number of benzene rings is 1. The molecule has 0 saturated carbocycles. The molecule has 2 atom stereocenters. The van der Waals surface area contributed by atoms with E-state index in [1.54, 1.807) is 0 Å². The number of carbonyl (C=O) groups is 1. The van der Waals surface area contributed by atoms with Gasteiger partial charge >= 0.3 is 0 Å². The Kier molecular flexibility index (Phi) is 9.97. The second kappa shape index (κ2) is 10.5. The van der Waals surface area contributed by atoms with Crippen molar-refractivity contribution in [2.24, 2.45) is 18.7 Å². The van der Waals surface area contributed by atoms with Crippen LogP contribution in [0.3, 0.4) is 0 Å². The van der Waals surface area contributed by atoms with Crippen LogP contribution < -0.4 is 11.1 Å². The Morgan fingerprint density at radius 1 is 1.33 bits per heavy atom. The molecule has 0 aliphatic carbocycles. The largest absolute Gasteiger partial charge is 0.355 e. The van der Waals surface area contributed by atoms with E-state index in [2.05, 4.69) is 20.9 Å². The molecule has 0 radical (unpaired) electrons. The summed E-state index contributed by atoms with van der Waals surface area (Å²) in [6.07, 6.45) is 2.61. The number of aryl methyl sites for hydroxylation is 2. The van der Waals surface area contributed by atoms with E-state index in [1.165, 1.54) is 0 Å². The molecule has 0 spiro atoms. The minimum Gasteiger partial charge on any atom is -0.355 e. The molecule has 5 nitrogen and oxygen atoms in total. The van der Waals surface area contributed by atoms with Crippen molar-refractivity contribution in [2.75, 3.05) is 6.54 Å². The molecule has 1 heterocycles. The lowest BCUT2D eigenvalue weighted by Crippen LogP contribution is -2.44. The Morgan fingerprint density at radius 2 is 2.00 bits per heavy atom. The van der Waals surface area contributed by atoms with Gasteiger partial charge in [-0.3, -0.25) is 4.79 Å². The molecular formula is C17H28Cl2N4O. The molecule has 2 rings (SSSR count). The number of nitrogens with one attached hydrogen (secondary N) is 1. The number of nitrogens with two attached hydrogens (primary N) is 1. The van der Waals surface area contributed by atoms with Gasteiger partial charge in [-0.15, -0.1) is 24.8 Å². The second-order valence-electron chi connectivity index (χ2n) is 5.88. The average molecular weight is 375 g/mol. The van der Waals surface area contributed by atoms with Gasteiger partial charge < -0.3 is 15.6 Å². The van der Waals surface area contributed by atoms with Crippen LogP contribution in [0.15, 0.2) is 24.3 Å². The number of carbonyl (C=O) groups excluding carboxylic acids is 1. The van der Waals surface area contributed by atoms with Crippen molar-refractivity contribution in [3.63, 3.8) is 0 Å². The molecular weight excluding hydrogens is 347 g/mol. The topological polar surface area (TPSA) is 72.9 Å². The first-order valence-electron chi connectivity index (χ1n) is 7.98. The first-order valence-corrected chi connectivity index (χ1v) is 7.98. The zero-order valence-corrected chi connectivity index (χ0v) is 16.1. The Hall–Kier alpha value is -1.30. The summed E-state index contributed by atoms with van der Waals surface area (Å²) < 4.78 is 2.11. The van der Waals surface area contributed by atoms with Gasteiger partial charge in [-0.2, -0.15) is 0 Å². The van der Waals surface area contributed by atoms with Gasteiger partial charge in [0.05, 0.1) is 17.1 Å². The van der Waals surface area contributed by atoms with Crippen LogP contribution in [0.2, 0.25) is 0 Å². The predicted octanol–water partition coefficient (Wildman–Crippen LogP) is 2.84. The van der Waals surface area contributed by atoms with E-state index in [4.69, 9.17) is 5.73 Å².